The Morgan fingerprint density at radius 1 is 0.583 bits per heavy atom. The van der Waals surface area contributed by atoms with E-state index < -0.39 is 0 Å². The topological polar surface area (TPSA) is 20.2 Å². The highest BCUT2D eigenvalue weighted by molar-refractivity contribution is 5.82. The van der Waals surface area contributed by atoms with Crippen molar-refractivity contribution >= 4 is 18.2 Å². The van der Waals surface area contributed by atoms with Crippen LogP contribution in [0.3, 0.4) is 0 Å². The minimum absolute atomic E-state index is 0.149. The van der Waals surface area contributed by atoms with Crippen molar-refractivity contribution in [1.82, 2.24) is 0 Å². The van der Waals surface area contributed by atoms with Crippen molar-refractivity contribution in [2.75, 3.05) is 0 Å². The summed E-state index contributed by atoms with van der Waals surface area (Å²) in [6.45, 7) is 19.1. The Bertz CT molecular complexity index is 620. The first-order chi connectivity index (χ1) is 11.0. The molecule has 1 nitrogen and oxygen atoms in total. The molecule has 1 N–H and O–H groups in total. The summed E-state index contributed by atoms with van der Waals surface area (Å²) in [6, 6.07) is 0. The Hall–Kier alpha value is -1.76. The van der Waals surface area contributed by atoms with E-state index >= 15 is 0 Å². The zero-order valence-electron chi connectivity index (χ0n) is 16.9. The second-order valence-electron chi connectivity index (χ2n) is 8.34. The molecule has 0 bridgehead atoms. The van der Waals surface area contributed by atoms with Gasteiger partial charge in [-0.1, -0.05) is 78.0 Å². The fourth-order valence-corrected chi connectivity index (χ4v) is 3.34. The molecule has 0 saturated carbocycles. The van der Waals surface area contributed by atoms with Gasteiger partial charge in [-0.2, -0.15) is 0 Å². The normalized spacial score (nSPS) is 13.7. The van der Waals surface area contributed by atoms with Crippen molar-refractivity contribution in [2.45, 2.75) is 73.1 Å². The third kappa shape index (κ3) is 4.01. The molecule has 0 aliphatic heterocycles. The van der Waals surface area contributed by atoms with Gasteiger partial charge in [-0.15, -0.1) is 0 Å². The Balaban J connectivity index is 4.25. The summed E-state index contributed by atoms with van der Waals surface area (Å²) >= 11 is 0. The molecule has 0 aliphatic rings. The van der Waals surface area contributed by atoms with Crippen molar-refractivity contribution in [2.24, 2.45) is 0 Å². The van der Waals surface area contributed by atoms with E-state index in [0.717, 1.165) is 22.3 Å². The first-order valence-electron chi connectivity index (χ1n) is 8.82. The molecule has 0 unspecified atom stereocenters. The maximum atomic E-state index is 11.3. The van der Waals surface area contributed by atoms with Gasteiger partial charge < -0.3 is 5.11 Å². The molecule has 0 radical (unpaired) electrons. The number of benzene rings is 1. The summed E-state index contributed by atoms with van der Waals surface area (Å²) in [5, 5.41) is 11.3. The minimum atomic E-state index is -0.149. The van der Waals surface area contributed by atoms with Crippen LogP contribution in [0.25, 0.3) is 18.2 Å². The van der Waals surface area contributed by atoms with E-state index in [1.54, 1.807) is 0 Å². The van der Waals surface area contributed by atoms with Gasteiger partial charge in [-0.3, -0.25) is 0 Å². The minimum Gasteiger partial charge on any atom is -0.507 e. The van der Waals surface area contributed by atoms with Crippen LogP contribution in [0.2, 0.25) is 0 Å². The lowest BCUT2D eigenvalue weighted by molar-refractivity contribution is 0.422. The van der Waals surface area contributed by atoms with Gasteiger partial charge in [0, 0.05) is 11.1 Å². The highest BCUT2D eigenvalue weighted by Crippen LogP contribution is 2.46. The molecule has 1 aromatic rings. The highest BCUT2D eigenvalue weighted by Gasteiger charge is 2.31. The van der Waals surface area contributed by atoms with Gasteiger partial charge in [0.05, 0.1) is 0 Å². The molecule has 1 heteroatoms. The molecular weight excluding hydrogens is 292 g/mol. The van der Waals surface area contributed by atoms with Crippen molar-refractivity contribution in [3.63, 3.8) is 0 Å². The van der Waals surface area contributed by atoms with Crippen LogP contribution in [-0.2, 0) is 10.8 Å². The molecule has 0 amide bonds. The van der Waals surface area contributed by atoms with Gasteiger partial charge in [-0.05, 0) is 48.3 Å². The second kappa shape index (κ2) is 7.42. The molecule has 1 aromatic carbocycles. The van der Waals surface area contributed by atoms with E-state index in [0.29, 0.717) is 5.75 Å². The molecule has 0 spiro atoms. The molecule has 1 rings (SSSR count). The van der Waals surface area contributed by atoms with E-state index in [-0.39, 0.29) is 10.8 Å². The van der Waals surface area contributed by atoms with Gasteiger partial charge in [0.15, 0.2) is 0 Å². The van der Waals surface area contributed by atoms with E-state index in [4.69, 9.17) is 0 Å². The highest BCUT2D eigenvalue weighted by atomic mass is 16.3. The summed E-state index contributed by atoms with van der Waals surface area (Å²) in [4.78, 5) is 0. The zero-order chi connectivity index (χ0) is 18.7. The number of allylic oxidation sites excluding steroid dienone is 3. The molecule has 0 fully saturated rings. The third-order valence-electron chi connectivity index (χ3n) is 4.09. The van der Waals surface area contributed by atoms with Gasteiger partial charge in [0.2, 0.25) is 0 Å². The van der Waals surface area contributed by atoms with Gasteiger partial charge >= 0.3 is 0 Å². The number of hydrogen-bond donors (Lipinski definition) is 1. The summed E-state index contributed by atoms with van der Waals surface area (Å²) in [7, 11) is 0. The Kier molecular flexibility index (Phi) is 6.27. The number of rotatable bonds is 3. The van der Waals surface area contributed by atoms with Crippen LogP contribution in [-0.4, -0.2) is 5.11 Å². The molecule has 0 aliphatic carbocycles. The molecule has 24 heavy (non-hydrogen) atoms. The largest absolute Gasteiger partial charge is 0.507 e. The van der Waals surface area contributed by atoms with Crippen molar-refractivity contribution < 1.29 is 5.11 Å². The first kappa shape index (κ1) is 20.3. The summed E-state index contributed by atoms with van der Waals surface area (Å²) in [6.07, 6.45) is 12.6. The van der Waals surface area contributed by atoms with Crippen LogP contribution >= 0.6 is 0 Å². The van der Waals surface area contributed by atoms with E-state index in [1.165, 1.54) is 5.56 Å². The summed E-state index contributed by atoms with van der Waals surface area (Å²) in [5.74, 6) is 0.435. The standard InChI is InChI=1S/C23H34O/c1-10-13-16-17(14-11-2)19(22(4,5)6)21(24)20(23(7,8)9)18(16)15-12-3/h10-15,24H,1-9H3. The lowest BCUT2D eigenvalue weighted by Crippen LogP contribution is -2.21. The lowest BCUT2D eigenvalue weighted by atomic mass is 9.73. The Morgan fingerprint density at radius 3 is 1.12 bits per heavy atom. The van der Waals surface area contributed by atoms with Crippen molar-refractivity contribution in [1.29, 1.82) is 0 Å². The van der Waals surface area contributed by atoms with Crippen LogP contribution in [0.1, 0.15) is 90.1 Å². The molecule has 0 aromatic heterocycles. The smallest absolute Gasteiger partial charge is 0.124 e. The average molecular weight is 327 g/mol. The van der Waals surface area contributed by atoms with Crippen LogP contribution in [0.5, 0.6) is 5.75 Å². The van der Waals surface area contributed by atoms with Crippen LogP contribution < -0.4 is 0 Å². The Labute approximate surface area is 148 Å². The number of aromatic hydroxyl groups is 1. The first-order valence-corrected chi connectivity index (χ1v) is 8.82. The average Bonchev–Trinajstić information content (AvgIpc) is 2.40. The van der Waals surface area contributed by atoms with Crippen molar-refractivity contribution in [3.8, 4) is 5.75 Å². The van der Waals surface area contributed by atoms with Crippen LogP contribution in [0.4, 0.5) is 0 Å². The predicted molar refractivity (Wildman–Crippen MR) is 110 cm³/mol. The number of hydrogen-bond acceptors (Lipinski definition) is 1. The predicted octanol–water partition coefficient (Wildman–Crippen LogP) is 7.09. The van der Waals surface area contributed by atoms with E-state index in [1.807, 2.05) is 32.9 Å². The third-order valence-corrected chi connectivity index (χ3v) is 4.09. The quantitative estimate of drug-likeness (QED) is 0.628. The van der Waals surface area contributed by atoms with Crippen LogP contribution in [0, 0.1) is 0 Å². The maximum Gasteiger partial charge on any atom is 0.124 e. The summed E-state index contributed by atoms with van der Waals surface area (Å²) < 4.78 is 0. The van der Waals surface area contributed by atoms with Gasteiger partial charge in [0.25, 0.3) is 0 Å². The van der Waals surface area contributed by atoms with Crippen molar-refractivity contribution in [3.05, 3.63) is 46.0 Å². The fourth-order valence-electron chi connectivity index (χ4n) is 3.34. The zero-order valence-corrected chi connectivity index (χ0v) is 16.9. The molecule has 0 heterocycles. The lowest BCUT2D eigenvalue weighted by Gasteiger charge is -2.32. The van der Waals surface area contributed by atoms with Gasteiger partial charge in [-0.25, -0.2) is 0 Å². The van der Waals surface area contributed by atoms with E-state index in [2.05, 4.69) is 65.8 Å². The fraction of sp³-hybridized carbons (Fsp3) is 0.478. The molecular formula is C23H34O. The SMILES string of the molecule is CC=Cc1c(C=CC)c(C(C)(C)C)c(O)c(C(C)(C)C)c1C=CC. The Morgan fingerprint density at radius 2 is 0.875 bits per heavy atom. The number of phenolic OH excluding ortho intramolecular Hbond substituents is 1. The second-order valence-corrected chi connectivity index (χ2v) is 8.34. The summed E-state index contributed by atoms with van der Waals surface area (Å²) in [5.41, 5.74) is 5.15. The van der Waals surface area contributed by atoms with Gasteiger partial charge in [0.1, 0.15) is 5.75 Å². The van der Waals surface area contributed by atoms with E-state index in [9.17, 15) is 5.11 Å². The molecule has 132 valence electrons. The molecule has 0 atom stereocenters. The van der Waals surface area contributed by atoms with Crippen LogP contribution in [0.15, 0.2) is 18.2 Å². The molecule has 0 saturated heterocycles. The maximum absolute atomic E-state index is 11.3. The number of phenols is 1. The monoisotopic (exact) mass is 326 g/mol.